The van der Waals surface area contributed by atoms with Crippen molar-refractivity contribution in [1.29, 1.82) is 0 Å². The minimum Gasteiger partial charge on any atom is -0.398 e. The summed E-state index contributed by atoms with van der Waals surface area (Å²) < 4.78 is 5.26. The summed E-state index contributed by atoms with van der Waals surface area (Å²) in [6.45, 7) is 1.58. The minimum atomic E-state index is -0.427. The van der Waals surface area contributed by atoms with Gasteiger partial charge in [0.15, 0.2) is 0 Å². The van der Waals surface area contributed by atoms with Crippen LogP contribution in [0.1, 0.15) is 6.42 Å². The Morgan fingerprint density at radius 2 is 2.29 bits per heavy atom. The van der Waals surface area contributed by atoms with Crippen molar-refractivity contribution >= 4 is 17.1 Å². The molecule has 0 spiro atoms. The van der Waals surface area contributed by atoms with Crippen LogP contribution in [-0.4, -0.2) is 31.2 Å². The van der Waals surface area contributed by atoms with Crippen LogP contribution in [0.2, 0.25) is 0 Å². The highest BCUT2D eigenvalue weighted by Gasteiger charge is 2.23. The van der Waals surface area contributed by atoms with E-state index >= 15 is 0 Å². The Labute approximate surface area is 99.1 Å². The number of ether oxygens (including phenoxy) is 1. The molecule has 1 aromatic rings. The molecule has 1 aliphatic rings. The molecule has 1 atom stereocenters. The number of nitro groups is 1. The van der Waals surface area contributed by atoms with Crippen LogP contribution < -0.4 is 10.6 Å². The molecular weight excluding hydrogens is 222 g/mol. The standard InChI is InChI=1S/C11H15N3O3/c1-17-11-2-3-13(7-11)9-4-8(12)5-10(6-9)14(15)16/h4-6,11H,2-3,7,12H2,1H3. The fourth-order valence-corrected chi connectivity index (χ4v) is 2.06. The van der Waals surface area contributed by atoms with Gasteiger partial charge in [-0.3, -0.25) is 10.1 Å². The second kappa shape index (κ2) is 4.58. The Morgan fingerprint density at radius 1 is 1.53 bits per heavy atom. The molecule has 0 radical (unpaired) electrons. The zero-order valence-corrected chi connectivity index (χ0v) is 9.63. The maximum absolute atomic E-state index is 10.7. The number of nitrogens with zero attached hydrogens (tertiary/aromatic N) is 2. The van der Waals surface area contributed by atoms with Gasteiger partial charge in [0.1, 0.15) is 0 Å². The molecule has 0 amide bonds. The molecule has 2 rings (SSSR count). The molecule has 17 heavy (non-hydrogen) atoms. The second-order valence-electron chi connectivity index (χ2n) is 4.13. The number of methoxy groups -OCH3 is 1. The number of anilines is 2. The Kier molecular flexibility index (Phi) is 3.14. The van der Waals surface area contributed by atoms with Gasteiger partial charge in [0, 0.05) is 43.7 Å². The lowest BCUT2D eigenvalue weighted by Crippen LogP contribution is -2.22. The summed E-state index contributed by atoms with van der Waals surface area (Å²) in [6, 6.07) is 4.67. The molecule has 6 nitrogen and oxygen atoms in total. The second-order valence-corrected chi connectivity index (χ2v) is 4.13. The lowest BCUT2D eigenvalue weighted by Gasteiger charge is -2.18. The van der Waals surface area contributed by atoms with E-state index in [1.165, 1.54) is 6.07 Å². The van der Waals surface area contributed by atoms with Gasteiger partial charge >= 0.3 is 0 Å². The van der Waals surface area contributed by atoms with E-state index in [0.29, 0.717) is 5.69 Å². The van der Waals surface area contributed by atoms with Gasteiger partial charge < -0.3 is 15.4 Å². The lowest BCUT2D eigenvalue weighted by atomic mass is 10.2. The van der Waals surface area contributed by atoms with Gasteiger partial charge in [-0.2, -0.15) is 0 Å². The van der Waals surface area contributed by atoms with Crippen LogP contribution in [0.25, 0.3) is 0 Å². The minimum absolute atomic E-state index is 0.0286. The summed E-state index contributed by atoms with van der Waals surface area (Å²) in [7, 11) is 1.68. The van der Waals surface area contributed by atoms with E-state index in [2.05, 4.69) is 4.90 Å². The molecule has 2 N–H and O–H groups in total. The first-order valence-corrected chi connectivity index (χ1v) is 5.43. The highest BCUT2D eigenvalue weighted by atomic mass is 16.6. The molecule has 6 heteroatoms. The number of nitro benzene ring substituents is 1. The fourth-order valence-electron chi connectivity index (χ4n) is 2.06. The molecule has 1 aliphatic heterocycles. The van der Waals surface area contributed by atoms with E-state index in [1.54, 1.807) is 19.2 Å². The Balaban J connectivity index is 2.24. The number of nitrogen functional groups attached to an aromatic ring is 1. The van der Waals surface area contributed by atoms with Crippen molar-refractivity contribution in [2.24, 2.45) is 0 Å². The third-order valence-electron chi connectivity index (χ3n) is 2.98. The van der Waals surface area contributed by atoms with Crippen LogP contribution in [0.4, 0.5) is 17.1 Å². The van der Waals surface area contributed by atoms with Gasteiger partial charge in [-0.15, -0.1) is 0 Å². The van der Waals surface area contributed by atoms with Gasteiger partial charge in [0.25, 0.3) is 5.69 Å². The molecule has 0 bridgehead atoms. The third kappa shape index (κ3) is 2.47. The quantitative estimate of drug-likeness (QED) is 0.488. The SMILES string of the molecule is COC1CCN(c2cc(N)cc([N+](=O)[O-])c2)C1. The summed E-state index contributed by atoms with van der Waals surface area (Å²) in [5.74, 6) is 0. The van der Waals surface area contributed by atoms with Crippen molar-refractivity contribution in [3.63, 3.8) is 0 Å². The van der Waals surface area contributed by atoms with E-state index in [1.807, 2.05) is 0 Å². The van der Waals surface area contributed by atoms with E-state index in [9.17, 15) is 10.1 Å². The highest BCUT2D eigenvalue weighted by molar-refractivity contribution is 5.63. The van der Waals surface area contributed by atoms with Crippen LogP contribution in [0.5, 0.6) is 0 Å². The smallest absolute Gasteiger partial charge is 0.273 e. The highest BCUT2D eigenvalue weighted by Crippen LogP contribution is 2.28. The predicted octanol–water partition coefficient (Wildman–Crippen LogP) is 1.40. The summed E-state index contributed by atoms with van der Waals surface area (Å²) in [5, 5.41) is 10.7. The number of nitrogens with two attached hydrogens (primary N) is 1. The van der Waals surface area contributed by atoms with Crippen molar-refractivity contribution in [2.75, 3.05) is 30.8 Å². The normalized spacial score (nSPS) is 19.6. The topological polar surface area (TPSA) is 81.6 Å². The number of hydrogen-bond acceptors (Lipinski definition) is 5. The van der Waals surface area contributed by atoms with Gasteiger partial charge in [0.2, 0.25) is 0 Å². The Morgan fingerprint density at radius 3 is 2.88 bits per heavy atom. The van der Waals surface area contributed by atoms with Crippen LogP contribution in [0, 0.1) is 10.1 Å². The Hall–Kier alpha value is -1.82. The summed E-state index contributed by atoms with van der Waals surface area (Å²) in [5.41, 5.74) is 6.90. The number of benzene rings is 1. The summed E-state index contributed by atoms with van der Waals surface area (Å²) in [6.07, 6.45) is 1.12. The molecular formula is C11H15N3O3. The Bertz CT molecular complexity index is 436. The molecule has 92 valence electrons. The van der Waals surface area contributed by atoms with Crippen molar-refractivity contribution in [2.45, 2.75) is 12.5 Å². The van der Waals surface area contributed by atoms with Crippen molar-refractivity contribution < 1.29 is 9.66 Å². The summed E-state index contributed by atoms with van der Waals surface area (Å²) in [4.78, 5) is 12.4. The zero-order valence-electron chi connectivity index (χ0n) is 9.63. The van der Waals surface area contributed by atoms with Crippen molar-refractivity contribution in [3.05, 3.63) is 28.3 Å². The number of rotatable bonds is 3. The largest absolute Gasteiger partial charge is 0.398 e. The van der Waals surface area contributed by atoms with Crippen molar-refractivity contribution in [1.82, 2.24) is 0 Å². The van der Waals surface area contributed by atoms with E-state index in [-0.39, 0.29) is 11.8 Å². The van der Waals surface area contributed by atoms with Gasteiger partial charge in [0.05, 0.1) is 11.0 Å². The zero-order chi connectivity index (χ0) is 12.4. The van der Waals surface area contributed by atoms with Crippen molar-refractivity contribution in [3.8, 4) is 0 Å². The van der Waals surface area contributed by atoms with Gasteiger partial charge in [-0.05, 0) is 12.5 Å². The summed E-state index contributed by atoms with van der Waals surface area (Å²) >= 11 is 0. The molecule has 1 fully saturated rings. The fraction of sp³-hybridized carbons (Fsp3) is 0.455. The first-order valence-electron chi connectivity index (χ1n) is 5.43. The molecule has 0 aromatic heterocycles. The maximum Gasteiger partial charge on any atom is 0.273 e. The van der Waals surface area contributed by atoms with E-state index < -0.39 is 4.92 Å². The van der Waals surface area contributed by atoms with Gasteiger partial charge in [-0.25, -0.2) is 0 Å². The molecule has 0 aliphatic carbocycles. The predicted molar refractivity (Wildman–Crippen MR) is 65.1 cm³/mol. The first kappa shape index (κ1) is 11.7. The van der Waals surface area contributed by atoms with Gasteiger partial charge in [-0.1, -0.05) is 0 Å². The molecule has 1 saturated heterocycles. The van der Waals surface area contributed by atoms with Crippen LogP contribution in [-0.2, 0) is 4.74 Å². The molecule has 1 aromatic carbocycles. The monoisotopic (exact) mass is 237 g/mol. The average Bonchev–Trinajstić information content (AvgIpc) is 2.76. The van der Waals surface area contributed by atoms with Crippen LogP contribution in [0.15, 0.2) is 18.2 Å². The maximum atomic E-state index is 10.7. The lowest BCUT2D eigenvalue weighted by molar-refractivity contribution is -0.384. The average molecular weight is 237 g/mol. The molecule has 1 unspecified atom stereocenters. The van der Waals surface area contributed by atoms with E-state index in [4.69, 9.17) is 10.5 Å². The first-order chi connectivity index (χ1) is 8.10. The molecule has 0 saturated carbocycles. The van der Waals surface area contributed by atoms with E-state index in [0.717, 1.165) is 25.2 Å². The number of hydrogen-bond donors (Lipinski definition) is 1. The third-order valence-corrected chi connectivity index (χ3v) is 2.98. The van der Waals surface area contributed by atoms with Crippen LogP contribution in [0.3, 0.4) is 0 Å². The molecule has 1 heterocycles. The van der Waals surface area contributed by atoms with Crippen LogP contribution >= 0.6 is 0 Å². The number of non-ortho nitro benzene ring substituents is 1.